The number of benzene rings is 1. The van der Waals surface area contributed by atoms with Crippen molar-refractivity contribution in [3.63, 3.8) is 0 Å². The van der Waals surface area contributed by atoms with E-state index in [1.807, 2.05) is 17.2 Å². The zero-order chi connectivity index (χ0) is 17.2. The van der Waals surface area contributed by atoms with Crippen LogP contribution in [0.3, 0.4) is 0 Å². The number of hydrogen-bond donors (Lipinski definition) is 0. The first-order chi connectivity index (χ1) is 12.2. The number of likely N-dealkylation sites (tertiary alicyclic amines) is 1. The van der Waals surface area contributed by atoms with Crippen LogP contribution in [-0.4, -0.2) is 34.0 Å². The fourth-order valence-corrected chi connectivity index (χ4v) is 3.63. The number of fused-ring (bicyclic) bond motifs is 1. The largest absolute Gasteiger partial charge is 0.361 e. The third kappa shape index (κ3) is 3.40. The summed E-state index contributed by atoms with van der Waals surface area (Å²) in [5.41, 5.74) is 2.74. The number of aromatic nitrogens is 2. The highest BCUT2D eigenvalue weighted by Gasteiger charge is 2.26. The zero-order valence-electron chi connectivity index (χ0n) is 14.3. The van der Waals surface area contributed by atoms with Gasteiger partial charge in [0.2, 0.25) is 0 Å². The number of pyridine rings is 1. The molecule has 0 radical (unpaired) electrons. The van der Waals surface area contributed by atoms with Gasteiger partial charge in [0.25, 0.3) is 5.91 Å². The molecule has 5 nitrogen and oxygen atoms in total. The molecule has 1 aliphatic heterocycles. The Morgan fingerprint density at radius 3 is 3.08 bits per heavy atom. The highest BCUT2D eigenvalue weighted by molar-refractivity contribution is 5.92. The van der Waals surface area contributed by atoms with Gasteiger partial charge in [0.1, 0.15) is 5.76 Å². The van der Waals surface area contributed by atoms with Crippen LogP contribution in [0.25, 0.3) is 10.9 Å². The smallest absolute Gasteiger partial charge is 0.276 e. The van der Waals surface area contributed by atoms with Gasteiger partial charge in [-0.25, -0.2) is 0 Å². The van der Waals surface area contributed by atoms with Crippen molar-refractivity contribution in [2.75, 3.05) is 13.1 Å². The number of carbonyl (C=O) groups excluding carboxylic acids is 1. The molecule has 0 bridgehead atoms. The summed E-state index contributed by atoms with van der Waals surface area (Å²) in [6, 6.07) is 12.2. The lowest BCUT2D eigenvalue weighted by atomic mass is 9.90. The molecule has 1 amide bonds. The maximum absolute atomic E-state index is 12.6. The summed E-state index contributed by atoms with van der Waals surface area (Å²) in [7, 11) is 0. The molecule has 1 saturated heterocycles. The fraction of sp³-hybridized carbons (Fsp3) is 0.350. The second-order valence-corrected chi connectivity index (χ2v) is 6.82. The highest BCUT2D eigenvalue weighted by atomic mass is 16.5. The number of nitrogens with zero attached hydrogens (tertiary/aromatic N) is 3. The summed E-state index contributed by atoms with van der Waals surface area (Å²) >= 11 is 0. The van der Waals surface area contributed by atoms with E-state index in [1.165, 1.54) is 10.9 Å². The van der Waals surface area contributed by atoms with E-state index in [2.05, 4.69) is 34.4 Å². The van der Waals surface area contributed by atoms with E-state index < -0.39 is 0 Å². The second-order valence-electron chi connectivity index (χ2n) is 6.82. The number of carbonyl (C=O) groups is 1. The first-order valence-corrected chi connectivity index (χ1v) is 8.75. The van der Waals surface area contributed by atoms with Crippen LogP contribution in [0.4, 0.5) is 0 Å². The van der Waals surface area contributed by atoms with Gasteiger partial charge in [0, 0.05) is 30.7 Å². The fourth-order valence-electron chi connectivity index (χ4n) is 3.63. The molecular weight excluding hydrogens is 314 g/mol. The van der Waals surface area contributed by atoms with Crippen molar-refractivity contribution in [2.24, 2.45) is 5.92 Å². The topological polar surface area (TPSA) is 59.2 Å². The normalized spacial score (nSPS) is 17.8. The molecule has 0 N–H and O–H groups in total. The Balaban J connectivity index is 1.46. The van der Waals surface area contributed by atoms with Crippen LogP contribution in [-0.2, 0) is 6.42 Å². The number of aryl methyl sites for hydroxylation is 1. The predicted octanol–water partition coefficient (Wildman–Crippen LogP) is 3.63. The summed E-state index contributed by atoms with van der Waals surface area (Å²) in [6.45, 7) is 3.37. The summed E-state index contributed by atoms with van der Waals surface area (Å²) < 4.78 is 5.04. The monoisotopic (exact) mass is 335 g/mol. The molecule has 128 valence electrons. The van der Waals surface area contributed by atoms with Gasteiger partial charge >= 0.3 is 0 Å². The maximum Gasteiger partial charge on any atom is 0.276 e. The van der Waals surface area contributed by atoms with Crippen LogP contribution in [0.1, 0.15) is 34.7 Å². The summed E-state index contributed by atoms with van der Waals surface area (Å²) in [4.78, 5) is 18.9. The van der Waals surface area contributed by atoms with Gasteiger partial charge in [-0.05, 0) is 55.9 Å². The van der Waals surface area contributed by atoms with Crippen molar-refractivity contribution in [3.05, 3.63) is 59.6 Å². The molecule has 0 unspecified atom stereocenters. The average molecular weight is 335 g/mol. The zero-order valence-corrected chi connectivity index (χ0v) is 14.3. The minimum Gasteiger partial charge on any atom is -0.361 e. The molecule has 0 spiro atoms. The van der Waals surface area contributed by atoms with E-state index in [0.717, 1.165) is 37.9 Å². The summed E-state index contributed by atoms with van der Waals surface area (Å²) in [5.74, 6) is 1.12. The predicted molar refractivity (Wildman–Crippen MR) is 95.3 cm³/mol. The van der Waals surface area contributed by atoms with Gasteiger partial charge in [-0.15, -0.1) is 0 Å². The Bertz CT molecular complexity index is 903. The Morgan fingerprint density at radius 2 is 2.24 bits per heavy atom. The molecule has 3 heterocycles. The van der Waals surface area contributed by atoms with Crippen LogP contribution in [0.2, 0.25) is 0 Å². The standard InChI is InChI=1S/C20H21N3O2/c1-14-10-19(22-25-14)20(24)23-9-3-4-16(13-23)11-15-6-7-18-17(12-15)5-2-8-21-18/h2,5-8,10,12,16H,3-4,9,11,13H2,1H3/t16-/m1/s1. The molecule has 5 heteroatoms. The van der Waals surface area contributed by atoms with E-state index in [1.54, 1.807) is 13.0 Å². The Morgan fingerprint density at radius 1 is 1.32 bits per heavy atom. The average Bonchev–Trinajstić information content (AvgIpc) is 3.07. The minimum absolute atomic E-state index is 0.0238. The molecule has 2 aromatic heterocycles. The van der Waals surface area contributed by atoms with Crippen molar-refractivity contribution in [1.29, 1.82) is 0 Å². The van der Waals surface area contributed by atoms with Crippen LogP contribution in [0.15, 0.2) is 47.1 Å². The van der Waals surface area contributed by atoms with Gasteiger partial charge in [-0.1, -0.05) is 17.3 Å². The third-order valence-electron chi connectivity index (χ3n) is 4.85. The van der Waals surface area contributed by atoms with Gasteiger partial charge < -0.3 is 9.42 Å². The van der Waals surface area contributed by atoms with Gasteiger partial charge in [-0.3, -0.25) is 9.78 Å². The molecule has 4 rings (SSSR count). The molecule has 1 aliphatic rings. The number of amides is 1. The van der Waals surface area contributed by atoms with E-state index >= 15 is 0 Å². The molecule has 1 atom stereocenters. The minimum atomic E-state index is -0.0238. The number of piperidine rings is 1. The van der Waals surface area contributed by atoms with Crippen LogP contribution in [0.5, 0.6) is 0 Å². The van der Waals surface area contributed by atoms with Crippen LogP contribution < -0.4 is 0 Å². The van der Waals surface area contributed by atoms with Crippen molar-refractivity contribution in [2.45, 2.75) is 26.2 Å². The molecule has 0 saturated carbocycles. The number of hydrogen-bond acceptors (Lipinski definition) is 4. The first-order valence-electron chi connectivity index (χ1n) is 8.75. The highest BCUT2D eigenvalue weighted by Crippen LogP contribution is 2.24. The summed E-state index contributed by atoms with van der Waals surface area (Å²) in [6.07, 6.45) is 4.97. The van der Waals surface area contributed by atoms with Crippen molar-refractivity contribution in [3.8, 4) is 0 Å². The Labute approximate surface area is 146 Å². The number of rotatable bonds is 3. The molecule has 1 fully saturated rings. The molecule has 0 aliphatic carbocycles. The van der Waals surface area contributed by atoms with Crippen molar-refractivity contribution < 1.29 is 9.32 Å². The maximum atomic E-state index is 12.6. The molecule has 3 aromatic rings. The van der Waals surface area contributed by atoms with Crippen molar-refractivity contribution in [1.82, 2.24) is 15.0 Å². The van der Waals surface area contributed by atoms with Gasteiger partial charge in [0.05, 0.1) is 5.52 Å². The summed E-state index contributed by atoms with van der Waals surface area (Å²) in [5, 5.41) is 5.03. The lowest BCUT2D eigenvalue weighted by molar-refractivity contribution is 0.0663. The van der Waals surface area contributed by atoms with Crippen LogP contribution >= 0.6 is 0 Å². The molecular formula is C20H21N3O2. The van der Waals surface area contributed by atoms with Crippen LogP contribution in [0, 0.1) is 12.8 Å². The van der Waals surface area contributed by atoms with E-state index in [9.17, 15) is 4.79 Å². The second kappa shape index (κ2) is 6.67. The van der Waals surface area contributed by atoms with E-state index in [4.69, 9.17) is 4.52 Å². The Kier molecular flexibility index (Phi) is 4.22. The third-order valence-corrected chi connectivity index (χ3v) is 4.85. The Hall–Kier alpha value is -2.69. The van der Waals surface area contributed by atoms with Gasteiger partial charge in [-0.2, -0.15) is 0 Å². The lowest BCUT2D eigenvalue weighted by Crippen LogP contribution is -2.40. The molecule has 1 aromatic carbocycles. The van der Waals surface area contributed by atoms with E-state index in [-0.39, 0.29) is 5.91 Å². The van der Waals surface area contributed by atoms with E-state index in [0.29, 0.717) is 17.4 Å². The lowest BCUT2D eigenvalue weighted by Gasteiger charge is -2.32. The van der Waals surface area contributed by atoms with Crippen molar-refractivity contribution >= 4 is 16.8 Å². The first kappa shape index (κ1) is 15.8. The molecule has 25 heavy (non-hydrogen) atoms. The quantitative estimate of drug-likeness (QED) is 0.733. The SMILES string of the molecule is Cc1cc(C(=O)N2CCC[C@H](Cc3ccc4ncccc4c3)C2)no1. The van der Waals surface area contributed by atoms with Gasteiger partial charge in [0.15, 0.2) is 5.69 Å².